The Morgan fingerprint density at radius 2 is 2.16 bits per heavy atom. The zero-order chi connectivity index (χ0) is 13.7. The summed E-state index contributed by atoms with van der Waals surface area (Å²) in [6.45, 7) is 0. The lowest BCUT2D eigenvalue weighted by atomic mass is 10.3. The number of carbonyl (C=O) groups excluding carboxylic acids is 2. The third-order valence-electron chi connectivity index (χ3n) is 2.16. The Bertz CT molecular complexity index is 555. The van der Waals surface area contributed by atoms with Gasteiger partial charge < -0.3 is 4.74 Å². The predicted molar refractivity (Wildman–Crippen MR) is 73.3 cm³/mol. The SMILES string of the molecule is COC(=O)/C=C1\S/C(=N\Nc2ccccc2)NC1=O. The molecule has 1 aromatic carbocycles. The van der Waals surface area contributed by atoms with E-state index in [4.69, 9.17) is 0 Å². The molecule has 6 nitrogen and oxygen atoms in total. The number of amides is 1. The number of methoxy groups -OCH3 is 1. The highest BCUT2D eigenvalue weighted by Crippen LogP contribution is 2.23. The van der Waals surface area contributed by atoms with Gasteiger partial charge in [-0.25, -0.2) is 4.79 Å². The van der Waals surface area contributed by atoms with Crippen molar-refractivity contribution < 1.29 is 14.3 Å². The number of nitrogens with zero attached hydrogens (tertiary/aromatic N) is 1. The molecule has 0 unspecified atom stereocenters. The van der Waals surface area contributed by atoms with Gasteiger partial charge in [0.1, 0.15) is 0 Å². The van der Waals surface area contributed by atoms with E-state index in [9.17, 15) is 9.59 Å². The summed E-state index contributed by atoms with van der Waals surface area (Å²) in [7, 11) is 1.25. The minimum atomic E-state index is -0.574. The van der Waals surface area contributed by atoms with E-state index in [1.54, 1.807) is 0 Å². The first-order valence-corrected chi connectivity index (χ1v) is 6.18. The third kappa shape index (κ3) is 3.59. The molecule has 1 aliphatic heterocycles. The van der Waals surface area contributed by atoms with E-state index < -0.39 is 5.97 Å². The number of hydrazone groups is 1. The normalized spacial score (nSPS) is 18.5. The number of hydrogen-bond acceptors (Lipinski definition) is 6. The predicted octanol–water partition coefficient (Wildman–Crippen LogP) is 1.29. The molecule has 1 aliphatic rings. The van der Waals surface area contributed by atoms with Crippen LogP contribution in [0.2, 0.25) is 0 Å². The second-order valence-corrected chi connectivity index (χ2v) is 4.51. The van der Waals surface area contributed by atoms with Crippen molar-refractivity contribution in [1.29, 1.82) is 0 Å². The maximum atomic E-state index is 11.5. The number of benzene rings is 1. The molecule has 1 amide bonds. The van der Waals surface area contributed by atoms with Crippen molar-refractivity contribution in [2.45, 2.75) is 0 Å². The van der Waals surface area contributed by atoms with Gasteiger partial charge in [0.15, 0.2) is 5.17 Å². The van der Waals surface area contributed by atoms with Gasteiger partial charge in [0.05, 0.1) is 17.7 Å². The fraction of sp³-hybridized carbons (Fsp3) is 0.0833. The molecular formula is C12H11N3O3S. The maximum Gasteiger partial charge on any atom is 0.331 e. The minimum absolute atomic E-state index is 0.250. The fourth-order valence-electron chi connectivity index (χ4n) is 1.27. The molecule has 1 heterocycles. The highest BCUT2D eigenvalue weighted by atomic mass is 32.2. The van der Waals surface area contributed by atoms with E-state index >= 15 is 0 Å². The average molecular weight is 277 g/mol. The van der Waals surface area contributed by atoms with Crippen LogP contribution in [0.25, 0.3) is 0 Å². The van der Waals surface area contributed by atoms with E-state index in [0.717, 1.165) is 23.5 Å². The summed E-state index contributed by atoms with van der Waals surface area (Å²) in [5.41, 5.74) is 3.61. The van der Waals surface area contributed by atoms with Gasteiger partial charge in [-0.2, -0.15) is 0 Å². The first-order chi connectivity index (χ1) is 9.19. The molecule has 1 aromatic rings. The number of thioether (sulfide) groups is 1. The van der Waals surface area contributed by atoms with E-state index in [2.05, 4.69) is 20.6 Å². The highest BCUT2D eigenvalue weighted by Gasteiger charge is 2.24. The summed E-state index contributed by atoms with van der Waals surface area (Å²) in [4.78, 5) is 22.8. The van der Waals surface area contributed by atoms with E-state index in [-0.39, 0.29) is 10.8 Å². The Balaban J connectivity index is 2.03. The van der Waals surface area contributed by atoms with Gasteiger partial charge in [-0.05, 0) is 23.9 Å². The highest BCUT2D eigenvalue weighted by molar-refractivity contribution is 8.18. The van der Waals surface area contributed by atoms with Crippen LogP contribution >= 0.6 is 11.8 Å². The number of carbonyl (C=O) groups is 2. The molecule has 0 atom stereocenters. The van der Waals surface area contributed by atoms with Gasteiger partial charge in [-0.15, -0.1) is 5.10 Å². The summed E-state index contributed by atoms with van der Waals surface area (Å²) in [5, 5.41) is 6.95. The molecule has 0 bridgehead atoms. The van der Waals surface area contributed by atoms with Crippen LogP contribution in [0.1, 0.15) is 0 Å². The summed E-state index contributed by atoms with van der Waals surface area (Å²) in [6.07, 6.45) is 1.13. The Morgan fingerprint density at radius 1 is 1.42 bits per heavy atom. The molecule has 0 spiro atoms. The van der Waals surface area contributed by atoms with Crippen LogP contribution in [0.3, 0.4) is 0 Å². The maximum absolute atomic E-state index is 11.5. The summed E-state index contributed by atoms with van der Waals surface area (Å²) in [6, 6.07) is 9.31. The smallest absolute Gasteiger partial charge is 0.331 e. The van der Waals surface area contributed by atoms with Crippen LogP contribution in [0.5, 0.6) is 0 Å². The number of amidine groups is 1. The van der Waals surface area contributed by atoms with Gasteiger partial charge in [-0.3, -0.25) is 15.5 Å². The lowest BCUT2D eigenvalue weighted by Gasteiger charge is -1.99. The van der Waals surface area contributed by atoms with Crippen LogP contribution in [-0.2, 0) is 14.3 Å². The van der Waals surface area contributed by atoms with Crippen molar-refractivity contribution in [3.8, 4) is 0 Å². The van der Waals surface area contributed by atoms with Crippen molar-refractivity contribution in [2.24, 2.45) is 5.10 Å². The minimum Gasteiger partial charge on any atom is -0.466 e. The first kappa shape index (κ1) is 13.2. The summed E-state index contributed by atoms with van der Waals surface area (Å²) in [5.74, 6) is -0.945. The molecule has 2 rings (SSSR count). The van der Waals surface area contributed by atoms with Crippen molar-refractivity contribution in [2.75, 3.05) is 12.5 Å². The number of hydrogen-bond donors (Lipinski definition) is 2. The van der Waals surface area contributed by atoms with Gasteiger partial charge in [0.2, 0.25) is 0 Å². The zero-order valence-electron chi connectivity index (χ0n) is 10.0. The number of rotatable bonds is 3. The van der Waals surface area contributed by atoms with Crippen LogP contribution in [0, 0.1) is 0 Å². The van der Waals surface area contributed by atoms with Crippen LogP contribution < -0.4 is 10.7 Å². The van der Waals surface area contributed by atoms with E-state index in [1.807, 2.05) is 30.3 Å². The number of anilines is 1. The molecule has 0 aliphatic carbocycles. The second kappa shape index (κ2) is 6.05. The van der Waals surface area contributed by atoms with Crippen LogP contribution in [-0.4, -0.2) is 24.2 Å². The second-order valence-electron chi connectivity index (χ2n) is 3.48. The average Bonchev–Trinajstić information content (AvgIpc) is 2.78. The number of nitrogens with one attached hydrogen (secondary N) is 2. The largest absolute Gasteiger partial charge is 0.466 e. The van der Waals surface area contributed by atoms with Crippen LogP contribution in [0.4, 0.5) is 5.69 Å². The van der Waals surface area contributed by atoms with Crippen molar-refractivity contribution >= 4 is 34.5 Å². The fourth-order valence-corrected chi connectivity index (χ4v) is 2.02. The molecule has 0 aromatic heterocycles. The molecule has 19 heavy (non-hydrogen) atoms. The quantitative estimate of drug-likeness (QED) is 0.494. The van der Waals surface area contributed by atoms with E-state index in [0.29, 0.717) is 5.17 Å². The molecule has 2 N–H and O–H groups in total. The lowest BCUT2D eigenvalue weighted by molar-refractivity contribution is -0.135. The van der Waals surface area contributed by atoms with Gasteiger partial charge in [-0.1, -0.05) is 18.2 Å². The Labute approximate surface area is 113 Å². The molecule has 98 valence electrons. The third-order valence-corrected chi connectivity index (χ3v) is 3.07. The van der Waals surface area contributed by atoms with Gasteiger partial charge >= 0.3 is 5.97 Å². The summed E-state index contributed by atoms with van der Waals surface area (Å²) < 4.78 is 4.46. The summed E-state index contributed by atoms with van der Waals surface area (Å²) >= 11 is 1.07. The first-order valence-electron chi connectivity index (χ1n) is 5.36. The van der Waals surface area contributed by atoms with Crippen molar-refractivity contribution in [3.63, 3.8) is 0 Å². The number of para-hydroxylation sites is 1. The molecule has 0 radical (unpaired) electrons. The van der Waals surface area contributed by atoms with Gasteiger partial charge in [0.25, 0.3) is 5.91 Å². The van der Waals surface area contributed by atoms with Gasteiger partial charge in [0, 0.05) is 6.08 Å². The Kier molecular flexibility index (Phi) is 4.19. The monoisotopic (exact) mass is 277 g/mol. The molecule has 1 fully saturated rings. The molecule has 0 saturated carbocycles. The molecular weight excluding hydrogens is 266 g/mol. The van der Waals surface area contributed by atoms with E-state index in [1.165, 1.54) is 7.11 Å². The standard InChI is InChI=1S/C12H11N3O3S/c1-18-10(16)7-9-11(17)13-12(19-9)15-14-8-5-3-2-4-6-8/h2-7,14H,1H3,(H,13,15,17)/b9-7-. The lowest BCUT2D eigenvalue weighted by Crippen LogP contribution is -2.20. The Hall–Kier alpha value is -2.28. The Morgan fingerprint density at radius 3 is 2.84 bits per heavy atom. The number of ether oxygens (including phenoxy) is 1. The van der Waals surface area contributed by atoms with Crippen molar-refractivity contribution in [1.82, 2.24) is 5.32 Å². The number of esters is 1. The van der Waals surface area contributed by atoms with Crippen molar-refractivity contribution in [3.05, 3.63) is 41.3 Å². The molecule has 1 saturated heterocycles. The zero-order valence-corrected chi connectivity index (χ0v) is 10.9. The molecule has 7 heteroatoms. The van der Waals surface area contributed by atoms with Crippen LogP contribution in [0.15, 0.2) is 46.4 Å². The topological polar surface area (TPSA) is 79.8 Å².